The van der Waals surface area contributed by atoms with Gasteiger partial charge in [-0.05, 0) is 6.42 Å². The van der Waals surface area contributed by atoms with Gasteiger partial charge in [0.05, 0.1) is 5.92 Å². The van der Waals surface area contributed by atoms with Crippen molar-refractivity contribution in [3.63, 3.8) is 0 Å². The lowest BCUT2D eigenvalue weighted by Crippen LogP contribution is -2.53. The maximum Gasteiger partial charge on any atom is 0.229 e. The molecule has 0 aromatic carbocycles. The van der Waals surface area contributed by atoms with Crippen LogP contribution < -0.4 is 5.73 Å². The van der Waals surface area contributed by atoms with Gasteiger partial charge in [-0.2, -0.15) is 0 Å². The predicted octanol–water partition coefficient (Wildman–Crippen LogP) is -0.660. The number of carbonyl (C=O) groups is 1. The second-order valence-corrected chi connectivity index (χ2v) is 4.18. The van der Waals surface area contributed by atoms with Gasteiger partial charge >= 0.3 is 0 Å². The van der Waals surface area contributed by atoms with Crippen LogP contribution in [0.25, 0.3) is 0 Å². The molecule has 1 aliphatic carbocycles. The lowest BCUT2D eigenvalue weighted by atomic mass is 9.97. The van der Waals surface area contributed by atoms with E-state index in [1.165, 1.54) is 0 Å². The van der Waals surface area contributed by atoms with Crippen LogP contribution in [0, 0.1) is 11.8 Å². The minimum atomic E-state index is -0.0235. The fourth-order valence-corrected chi connectivity index (χ4v) is 2.01. The first-order chi connectivity index (χ1) is 6.70. The molecule has 1 aliphatic heterocycles. The molecule has 0 bridgehead atoms. The van der Waals surface area contributed by atoms with Crippen LogP contribution in [0.3, 0.4) is 0 Å². The van der Waals surface area contributed by atoms with Crippen LogP contribution in [0.1, 0.15) is 6.42 Å². The maximum absolute atomic E-state index is 11.8. The third-order valence-electron chi connectivity index (χ3n) is 2.96. The van der Waals surface area contributed by atoms with Crippen LogP contribution in [0.2, 0.25) is 0 Å². The van der Waals surface area contributed by atoms with Crippen LogP contribution >= 0.6 is 0 Å². The minimum Gasteiger partial charge on any atom is -0.396 e. The molecule has 1 amide bonds. The summed E-state index contributed by atoms with van der Waals surface area (Å²) < 4.78 is 0. The quantitative estimate of drug-likeness (QED) is 0.576. The van der Waals surface area contributed by atoms with Crippen molar-refractivity contribution in [3.05, 3.63) is 12.2 Å². The molecule has 0 radical (unpaired) electrons. The predicted molar refractivity (Wildman–Crippen MR) is 52.4 cm³/mol. The molecule has 2 rings (SSSR count). The summed E-state index contributed by atoms with van der Waals surface area (Å²) in [5, 5.41) is 8.82. The SMILES string of the molecule is NC1C=CC(C(=O)N2CC(CO)C2)C1. The van der Waals surface area contributed by atoms with Gasteiger partial charge in [0, 0.05) is 31.7 Å². The summed E-state index contributed by atoms with van der Waals surface area (Å²) in [6.07, 6.45) is 4.53. The number of rotatable bonds is 2. The molecule has 4 nitrogen and oxygen atoms in total. The van der Waals surface area contributed by atoms with Crippen molar-refractivity contribution in [3.8, 4) is 0 Å². The largest absolute Gasteiger partial charge is 0.396 e. The Morgan fingerprint density at radius 3 is 2.71 bits per heavy atom. The second kappa shape index (κ2) is 3.71. The van der Waals surface area contributed by atoms with E-state index in [2.05, 4.69) is 0 Å². The Balaban J connectivity index is 1.83. The summed E-state index contributed by atoms with van der Waals surface area (Å²) in [6.45, 7) is 1.59. The standard InChI is InChI=1S/C10H16N2O2/c11-9-2-1-8(3-9)10(14)12-4-7(5-12)6-13/h1-2,7-9,13H,3-6,11H2. The number of likely N-dealkylation sites (tertiary alicyclic amines) is 1. The number of aliphatic hydroxyl groups is 1. The molecule has 1 saturated heterocycles. The highest BCUT2D eigenvalue weighted by Gasteiger charge is 2.34. The minimum absolute atomic E-state index is 0.0235. The zero-order chi connectivity index (χ0) is 10.1. The summed E-state index contributed by atoms with van der Waals surface area (Å²) >= 11 is 0. The van der Waals surface area contributed by atoms with Gasteiger partial charge in [-0.3, -0.25) is 4.79 Å². The number of hydrogen-bond donors (Lipinski definition) is 2. The molecule has 78 valence electrons. The average Bonchev–Trinajstić information content (AvgIpc) is 2.49. The molecule has 0 spiro atoms. The zero-order valence-electron chi connectivity index (χ0n) is 8.10. The van der Waals surface area contributed by atoms with Crippen molar-refractivity contribution in [2.75, 3.05) is 19.7 Å². The van der Waals surface area contributed by atoms with Gasteiger partial charge in [0.25, 0.3) is 0 Å². The maximum atomic E-state index is 11.8. The fourth-order valence-electron chi connectivity index (χ4n) is 2.01. The molecular formula is C10H16N2O2. The number of nitrogens with two attached hydrogens (primary N) is 1. The lowest BCUT2D eigenvalue weighted by Gasteiger charge is -2.39. The van der Waals surface area contributed by atoms with E-state index in [0.29, 0.717) is 13.1 Å². The van der Waals surface area contributed by atoms with E-state index >= 15 is 0 Å². The van der Waals surface area contributed by atoms with E-state index in [-0.39, 0.29) is 30.4 Å². The Morgan fingerprint density at radius 1 is 1.50 bits per heavy atom. The summed E-state index contributed by atoms with van der Waals surface area (Å²) in [4.78, 5) is 13.6. The van der Waals surface area contributed by atoms with Crippen molar-refractivity contribution in [2.24, 2.45) is 17.6 Å². The molecular weight excluding hydrogens is 180 g/mol. The van der Waals surface area contributed by atoms with Gasteiger partial charge in [-0.25, -0.2) is 0 Å². The van der Waals surface area contributed by atoms with Crippen molar-refractivity contribution in [1.82, 2.24) is 4.90 Å². The molecule has 0 aromatic heterocycles. The van der Waals surface area contributed by atoms with Gasteiger partial charge in [0.1, 0.15) is 0 Å². The molecule has 3 N–H and O–H groups in total. The molecule has 2 aliphatic rings. The van der Waals surface area contributed by atoms with Crippen LogP contribution in [0.5, 0.6) is 0 Å². The van der Waals surface area contributed by atoms with E-state index in [1.54, 1.807) is 4.90 Å². The van der Waals surface area contributed by atoms with Gasteiger partial charge in [-0.1, -0.05) is 12.2 Å². The Hall–Kier alpha value is -0.870. The van der Waals surface area contributed by atoms with Crippen LogP contribution in [0.4, 0.5) is 0 Å². The van der Waals surface area contributed by atoms with E-state index < -0.39 is 0 Å². The van der Waals surface area contributed by atoms with Crippen LogP contribution in [0.15, 0.2) is 12.2 Å². The van der Waals surface area contributed by atoms with Gasteiger partial charge in [-0.15, -0.1) is 0 Å². The Labute approximate surface area is 83.4 Å². The average molecular weight is 196 g/mol. The van der Waals surface area contributed by atoms with Crippen LogP contribution in [-0.4, -0.2) is 41.7 Å². The summed E-state index contributed by atoms with van der Waals surface area (Å²) in [5.41, 5.74) is 5.68. The molecule has 0 aromatic rings. The zero-order valence-corrected chi connectivity index (χ0v) is 8.10. The van der Waals surface area contributed by atoms with E-state index in [9.17, 15) is 4.79 Å². The highest BCUT2D eigenvalue weighted by molar-refractivity contribution is 5.82. The number of hydrogen-bond acceptors (Lipinski definition) is 3. The first-order valence-electron chi connectivity index (χ1n) is 5.04. The first kappa shape index (κ1) is 9.68. The molecule has 0 saturated carbocycles. The van der Waals surface area contributed by atoms with Crippen molar-refractivity contribution in [2.45, 2.75) is 12.5 Å². The van der Waals surface area contributed by atoms with E-state index in [0.717, 1.165) is 6.42 Å². The van der Waals surface area contributed by atoms with Crippen molar-refractivity contribution < 1.29 is 9.90 Å². The Kier molecular flexibility index (Phi) is 2.56. The topological polar surface area (TPSA) is 66.6 Å². The smallest absolute Gasteiger partial charge is 0.229 e. The lowest BCUT2D eigenvalue weighted by molar-refractivity contribution is -0.141. The molecule has 1 heterocycles. The van der Waals surface area contributed by atoms with E-state index in [1.807, 2.05) is 12.2 Å². The number of amides is 1. The Bertz CT molecular complexity index is 259. The van der Waals surface area contributed by atoms with Crippen molar-refractivity contribution >= 4 is 5.91 Å². The summed E-state index contributed by atoms with van der Waals surface area (Å²) in [5.74, 6) is 0.432. The van der Waals surface area contributed by atoms with Crippen molar-refractivity contribution in [1.29, 1.82) is 0 Å². The molecule has 2 unspecified atom stereocenters. The van der Waals surface area contributed by atoms with Gasteiger partial charge < -0.3 is 15.7 Å². The summed E-state index contributed by atoms with van der Waals surface area (Å²) in [6, 6.07) is 0.0406. The molecule has 14 heavy (non-hydrogen) atoms. The third-order valence-corrected chi connectivity index (χ3v) is 2.96. The molecule has 2 atom stereocenters. The molecule has 4 heteroatoms. The van der Waals surface area contributed by atoms with Gasteiger partial charge in [0.2, 0.25) is 5.91 Å². The number of aliphatic hydroxyl groups excluding tert-OH is 1. The molecule has 1 fully saturated rings. The Morgan fingerprint density at radius 2 is 2.21 bits per heavy atom. The first-order valence-corrected chi connectivity index (χ1v) is 5.04. The number of carbonyl (C=O) groups excluding carboxylic acids is 1. The third kappa shape index (κ3) is 1.67. The highest BCUT2D eigenvalue weighted by Crippen LogP contribution is 2.23. The normalized spacial score (nSPS) is 32.0. The highest BCUT2D eigenvalue weighted by atomic mass is 16.3. The fraction of sp³-hybridized carbons (Fsp3) is 0.700. The second-order valence-electron chi connectivity index (χ2n) is 4.18. The van der Waals surface area contributed by atoms with Gasteiger partial charge in [0.15, 0.2) is 0 Å². The van der Waals surface area contributed by atoms with E-state index in [4.69, 9.17) is 10.8 Å². The number of nitrogens with zero attached hydrogens (tertiary/aromatic N) is 1. The monoisotopic (exact) mass is 196 g/mol. The summed E-state index contributed by atoms with van der Waals surface area (Å²) in [7, 11) is 0. The van der Waals surface area contributed by atoms with Crippen LogP contribution in [-0.2, 0) is 4.79 Å².